The van der Waals surface area contributed by atoms with Gasteiger partial charge in [0.2, 0.25) is 0 Å². The third kappa shape index (κ3) is 4.58. The van der Waals surface area contributed by atoms with E-state index in [0.29, 0.717) is 22.3 Å². The van der Waals surface area contributed by atoms with Crippen molar-refractivity contribution in [3.05, 3.63) is 89.0 Å². The maximum atomic E-state index is 12.7. The highest BCUT2D eigenvalue weighted by atomic mass is 19.4. The van der Waals surface area contributed by atoms with Crippen LogP contribution in [0.25, 0.3) is 5.57 Å². The smallest absolute Gasteiger partial charge is 0.416 e. The minimum absolute atomic E-state index is 0.331. The molecule has 2 aromatic rings. The van der Waals surface area contributed by atoms with Crippen LogP contribution >= 0.6 is 0 Å². The van der Waals surface area contributed by atoms with Crippen LogP contribution in [0.1, 0.15) is 22.3 Å². The zero-order valence-electron chi connectivity index (χ0n) is 12.8. The van der Waals surface area contributed by atoms with Gasteiger partial charge in [-0.3, -0.25) is 0 Å². The summed E-state index contributed by atoms with van der Waals surface area (Å²) < 4.78 is 38.2. The molecule has 0 aliphatic rings. The van der Waals surface area contributed by atoms with E-state index >= 15 is 0 Å². The number of nitrogens with zero attached hydrogens (tertiary/aromatic N) is 1. The molecule has 0 aliphatic heterocycles. The first-order chi connectivity index (χ1) is 11.8. The Bertz CT molecular complexity index is 873. The third-order valence-electron chi connectivity index (χ3n) is 3.36. The van der Waals surface area contributed by atoms with E-state index in [9.17, 15) is 23.2 Å². The summed E-state index contributed by atoms with van der Waals surface area (Å²) in [6.45, 7) is 0. The molecule has 6 heteroatoms. The van der Waals surface area contributed by atoms with Gasteiger partial charge < -0.3 is 5.11 Å². The predicted octanol–water partition coefficient (Wildman–Crippen LogP) is 4.65. The van der Waals surface area contributed by atoms with Crippen molar-refractivity contribution in [1.82, 2.24) is 0 Å². The molecular weight excluding hydrogens is 331 g/mol. The number of aliphatic carboxylic acids is 1. The minimum Gasteiger partial charge on any atom is -0.478 e. The van der Waals surface area contributed by atoms with Crippen molar-refractivity contribution in [3.8, 4) is 6.07 Å². The molecule has 0 saturated carbocycles. The number of hydrogen-bond donors (Lipinski definition) is 1. The van der Waals surface area contributed by atoms with Crippen LogP contribution in [0.5, 0.6) is 0 Å². The summed E-state index contributed by atoms with van der Waals surface area (Å²) >= 11 is 0. The highest BCUT2D eigenvalue weighted by Crippen LogP contribution is 2.32. The molecular formula is C19H12F3NO2. The van der Waals surface area contributed by atoms with E-state index in [-0.39, 0.29) is 0 Å². The topological polar surface area (TPSA) is 61.1 Å². The predicted molar refractivity (Wildman–Crippen MR) is 86.5 cm³/mol. The van der Waals surface area contributed by atoms with Crippen molar-refractivity contribution in [2.24, 2.45) is 0 Å². The second-order valence-electron chi connectivity index (χ2n) is 5.01. The largest absolute Gasteiger partial charge is 0.478 e. The number of benzene rings is 2. The fourth-order valence-corrected chi connectivity index (χ4v) is 2.22. The lowest BCUT2D eigenvalue weighted by molar-refractivity contribution is -0.137. The van der Waals surface area contributed by atoms with Gasteiger partial charge in [0.15, 0.2) is 0 Å². The fourth-order valence-electron chi connectivity index (χ4n) is 2.22. The van der Waals surface area contributed by atoms with Gasteiger partial charge in [-0.2, -0.15) is 18.4 Å². The van der Waals surface area contributed by atoms with Crippen LogP contribution in [0.2, 0.25) is 0 Å². The number of carbonyl (C=O) groups is 1. The summed E-state index contributed by atoms with van der Waals surface area (Å²) in [4.78, 5) is 10.6. The number of halogens is 3. The van der Waals surface area contributed by atoms with Gasteiger partial charge in [0.05, 0.1) is 17.2 Å². The van der Waals surface area contributed by atoms with Crippen molar-refractivity contribution in [2.75, 3.05) is 0 Å². The van der Waals surface area contributed by atoms with Gasteiger partial charge in [-0.1, -0.05) is 42.5 Å². The Morgan fingerprint density at radius 3 is 2.28 bits per heavy atom. The monoisotopic (exact) mass is 343 g/mol. The average molecular weight is 343 g/mol. The van der Waals surface area contributed by atoms with Crippen molar-refractivity contribution in [3.63, 3.8) is 0 Å². The molecule has 0 heterocycles. The molecule has 3 nitrogen and oxygen atoms in total. The first kappa shape index (κ1) is 18.0. The van der Waals surface area contributed by atoms with Gasteiger partial charge in [0.1, 0.15) is 0 Å². The van der Waals surface area contributed by atoms with Crippen LogP contribution in [0.4, 0.5) is 13.2 Å². The standard InChI is InChI=1S/C19H12F3NO2/c20-19(21,22)15-10-8-13(9-11-15)16(6-3-7-18(24)25)17-5-2-1-4-14(17)12-23/h1-11H,(H,24,25). The third-order valence-corrected chi connectivity index (χ3v) is 3.36. The van der Waals surface area contributed by atoms with E-state index in [1.165, 1.54) is 24.3 Å². The molecule has 0 saturated heterocycles. The Kier molecular flexibility index (Phi) is 5.40. The summed E-state index contributed by atoms with van der Waals surface area (Å²) in [6, 6.07) is 13.1. The summed E-state index contributed by atoms with van der Waals surface area (Å²) in [5.74, 6) is -1.16. The summed E-state index contributed by atoms with van der Waals surface area (Å²) in [6.07, 6.45) is -0.828. The second kappa shape index (κ2) is 7.49. The minimum atomic E-state index is -4.45. The number of allylic oxidation sites excluding steroid dienone is 2. The molecule has 1 N–H and O–H groups in total. The van der Waals surface area contributed by atoms with Crippen LogP contribution in [-0.4, -0.2) is 11.1 Å². The van der Waals surface area contributed by atoms with Gasteiger partial charge in [-0.05, 0) is 29.3 Å². The summed E-state index contributed by atoms with van der Waals surface area (Å²) in [7, 11) is 0. The quantitative estimate of drug-likeness (QED) is 0.649. The maximum absolute atomic E-state index is 12.7. The van der Waals surface area contributed by atoms with Crippen molar-refractivity contribution in [2.45, 2.75) is 6.18 Å². The lowest BCUT2D eigenvalue weighted by Crippen LogP contribution is -2.04. The van der Waals surface area contributed by atoms with Gasteiger partial charge in [-0.25, -0.2) is 4.79 Å². The van der Waals surface area contributed by atoms with Crippen molar-refractivity contribution in [1.29, 1.82) is 5.26 Å². The molecule has 126 valence electrons. The first-order valence-electron chi connectivity index (χ1n) is 7.11. The molecule has 0 fully saturated rings. The second-order valence-corrected chi connectivity index (χ2v) is 5.01. The maximum Gasteiger partial charge on any atom is 0.416 e. The van der Waals surface area contributed by atoms with E-state index in [1.54, 1.807) is 24.3 Å². The van der Waals surface area contributed by atoms with Gasteiger partial charge in [0, 0.05) is 11.6 Å². The van der Waals surface area contributed by atoms with Crippen molar-refractivity contribution >= 4 is 11.5 Å². The molecule has 0 aromatic heterocycles. The van der Waals surface area contributed by atoms with E-state index < -0.39 is 17.7 Å². The number of carboxylic acids is 1. The summed E-state index contributed by atoms with van der Waals surface area (Å²) in [5, 5.41) is 17.9. The fraction of sp³-hybridized carbons (Fsp3) is 0.0526. The lowest BCUT2D eigenvalue weighted by atomic mass is 9.93. The van der Waals surface area contributed by atoms with Gasteiger partial charge >= 0.3 is 12.1 Å². The summed E-state index contributed by atoms with van der Waals surface area (Å²) in [5.41, 5.74) is 0.927. The molecule has 0 atom stereocenters. The zero-order chi connectivity index (χ0) is 18.4. The van der Waals surface area contributed by atoms with Crippen LogP contribution in [0.15, 0.2) is 66.8 Å². The molecule has 25 heavy (non-hydrogen) atoms. The van der Waals surface area contributed by atoms with E-state index in [0.717, 1.165) is 18.2 Å². The molecule has 2 rings (SSSR count). The average Bonchev–Trinajstić information content (AvgIpc) is 2.58. The number of nitriles is 1. The van der Waals surface area contributed by atoms with Crippen LogP contribution < -0.4 is 0 Å². The van der Waals surface area contributed by atoms with Gasteiger partial charge in [0.25, 0.3) is 0 Å². The number of hydrogen-bond acceptors (Lipinski definition) is 2. The Labute approximate surface area is 142 Å². The van der Waals surface area contributed by atoms with E-state index in [1.807, 2.05) is 6.07 Å². The van der Waals surface area contributed by atoms with E-state index in [4.69, 9.17) is 5.11 Å². The molecule has 0 unspecified atom stereocenters. The van der Waals surface area contributed by atoms with Crippen molar-refractivity contribution < 1.29 is 23.1 Å². The molecule has 0 spiro atoms. The molecule has 0 aliphatic carbocycles. The Morgan fingerprint density at radius 1 is 1.08 bits per heavy atom. The number of carboxylic acid groups (broad SMARTS) is 1. The zero-order valence-corrected chi connectivity index (χ0v) is 12.8. The van der Waals surface area contributed by atoms with Crippen LogP contribution in [-0.2, 0) is 11.0 Å². The molecule has 0 bridgehead atoms. The number of rotatable bonds is 4. The first-order valence-corrected chi connectivity index (χ1v) is 7.11. The normalized spacial score (nSPS) is 12.2. The number of alkyl halides is 3. The highest BCUT2D eigenvalue weighted by Gasteiger charge is 2.30. The van der Waals surface area contributed by atoms with Crippen LogP contribution in [0, 0.1) is 11.3 Å². The van der Waals surface area contributed by atoms with E-state index in [2.05, 4.69) is 0 Å². The van der Waals surface area contributed by atoms with Gasteiger partial charge in [-0.15, -0.1) is 0 Å². The highest BCUT2D eigenvalue weighted by molar-refractivity contribution is 5.85. The Hall–Kier alpha value is -3.33. The molecule has 0 radical (unpaired) electrons. The Morgan fingerprint density at radius 2 is 1.72 bits per heavy atom. The Balaban J connectivity index is 2.56. The molecule has 2 aromatic carbocycles. The lowest BCUT2D eigenvalue weighted by Gasteiger charge is -2.12. The SMILES string of the molecule is N#Cc1ccccc1C(=CC=CC(=O)O)c1ccc(C(F)(F)F)cc1. The van der Waals surface area contributed by atoms with Crippen LogP contribution in [0.3, 0.4) is 0 Å². The molecule has 0 amide bonds.